The second-order valence-corrected chi connectivity index (χ2v) is 3.26. The highest BCUT2D eigenvalue weighted by molar-refractivity contribution is 5.66. The lowest BCUT2D eigenvalue weighted by Gasteiger charge is -2.02. The van der Waals surface area contributed by atoms with Crippen molar-refractivity contribution in [3.05, 3.63) is 24.3 Å². The van der Waals surface area contributed by atoms with Gasteiger partial charge < -0.3 is 4.74 Å². The molecule has 0 aliphatic carbocycles. The van der Waals surface area contributed by atoms with Crippen molar-refractivity contribution in [2.24, 2.45) is 0 Å². The third-order valence-corrected chi connectivity index (χ3v) is 1.92. The molecule has 0 bridgehead atoms. The fourth-order valence-corrected chi connectivity index (χ4v) is 1.07. The van der Waals surface area contributed by atoms with Crippen molar-refractivity contribution >= 4 is 5.97 Å². The monoisotopic (exact) mass is 196 g/mol. The summed E-state index contributed by atoms with van der Waals surface area (Å²) in [5.41, 5.74) is 0.997. The third kappa shape index (κ3) is 7.59. The molecular weight excluding hydrogens is 176 g/mol. The van der Waals surface area contributed by atoms with Crippen LogP contribution in [0.1, 0.15) is 39.5 Å². The van der Waals surface area contributed by atoms with Gasteiger partial charge in [-0.05, 0) is 18.4 Å². The summed E-state index contributed by atoms with van der Waals surface area (Å²) in [6.45, 7) is 7.62. The summed E-state index contributed by atoms with van der Waals surface area (Å²) in [6, 6.07) is 0. The minimum atomic E-state index is -0.244. The Hall–Kier alpha value is -1.05. The average molecular weight is 196 g/mol. The van der Waals surface area contributed by atoms with Gasteiger partial charge in [0.2, 0.25) is 0 Å². The van der Waals surface area contributed by atoms with Crippen LogP contribution in [-0.4, -0.2) is 12.6 Å². The predicted molar refractivity (Wildman–Crippen MR) is 59.1 cm³/mol. The van der Waals surface area contributed by atoms with Crippen molar-refractivity contribution in [3.8, 4) is 0 Å². The van der Waals surface area contributed by atoms with Gasteiger partial charge in [0.05, 0.1) is 0 Å². The zero-order valence-electron chi connectivity index (χ0n) is 9.21. The number of carbonyl (C=O) groups is 1. The van der Waals surface area contributed by atoms with Crippen LogP contribution in [0.3, 0.4) is 0 Å². The van der Waals surface area contributed by atoms with Crippen molar-refractivity contribution in [3.63, 3.8) is 0 Å². The van der Waals surface area contributed by atoms with E-state index in [9.17, 15) is 4.79 Å². The van der Waals surface area contributed by atoms with Gasteiger partial charge in [-0.25, -0.2) is 0 Å². The molecule has 0 aliphatic rings. The predicted octanol–water partition coefficient (Wildman–Crippen LogP) is 3.24. The summed E-state index contributed by atoms with van der Waals surface area (Å²) in [6.07, 6.45) is 8.53. The van der Waals surface area contributed by atoms with E-state index in [-0.39, 0.29) is 5.97 Å². The minimum Gasteiger partial charge on any atom is -0.461 e. The van der Waals surface area contributed by atoms with Gasteiger partial charge >= 0.3 is 5.97 Å². The number of esters is 1. The first-order valence-electron chi connectivity index (χ1n) is 5.15. The third-order valence-electron chi connectivity index (χ3n) is 1.92. The molecule has 0 radical (unpaired) electrons. The number of hydrogen-bond acceptors (Lipinski definition) is 2. The van der Waals surface area contributed by atoms with E-state index in [2.05, 4.69) is 19.6 Å². The molecule has 0 saturated heterocycles. The molecule has 0 heterocycles. The van der Waals surface area contributed by atoms with Gasteiger partial charge in [0, 0.05) is 6.92 Å². The first kappa shape index (κ1) is 12.9. The highest BCUT2D eigenvalue weighted by Gasteiger charge is 1.95. The zero-order valence-corrected chi connectivity index (χ0v) is 9.21. The quantitative estimate of drug-likeness (QED) is 0.355. The van der Waals surface area contributed by atoms with Crippen LogP contribution in [0.15, 0.2) is 24.3 Å². The summed E-state index contributed by atoms with van der Waals surface area (Å²) in [5, 5.41) is 0. The normalized spacial score (nSPS) is 11.1. The van der Waals surface area contributed by atoms with Crippen molar-refractivity contribution in [2.45, 2.75) is 39.5 Å². The van der Waals surface area contributed by atoms with Crippen LogP contribution in [0.25, 0.3) is 0 Å². The lowest BCUT2D eigenvalue weighted by molar-refractivity contribution is -0.139. The molecule has 0 spiro atoms. The van der Waals surface area contributed by atoms with E-state index in [1.54, 1.807) is 6.08 Å². The minimum absolute atomic E-state index is 0.244. The van der Waals surface area contributed by atoms with E-state index in [1.807, 2.05) is 0 Å². The smallest absolute Gasteiger partial charge is 0.302 e. The molecule has 0 unspecified atom stereocenters. The molecule has 2 heteroatoms. The van der Waals surface area contributed by atoms with Crippen LogP contribution < -0.4 is 0 Å². The molecule has 0 fully saturated rings. The Morgan fingerprint density at radius 1 is 1.43 bits per heavy atom. The fraction of sp³-hybridized carbons (Fsp3) is 0.583. The van der Waals surface area contributed by atoms with E-state index in [0.717, 1.165) is 12.0 Å². The molecule has 0 saturated carbocycles. The Morgan fingerprint density at radius 3 is 2.64 bits per heavy atom. The second kappa shape index (κ2) is 8.54. The van der Waals surface area contributed by atoms with E-state index in [1.165, 1.54) is 26.2 Å². The molecule has 0 atom stereocenters. The molecule has 0 amide bonds. The number of hydrogen-bond donors (Lipinski definition) is 0. The molecule has 0 aromatic carbocycles. The number of carbonyl (C=O) groups excluding carboxylic acids is 1. The summed E-state index contributed by atoms with van der Waals surface area (Å²) < 4.78 is 4.87. The molecule has 14 heavy (non-hydrogen) atoms. The molecular formula is C12H20O2. The Balaban J connectivity index is 3.75. The van der Waals surface area contributed by atoms with E-state index in [4.69, 9.17) is 4.74 Å². The van der Waals surface area contributed by atoms with E-state index < -0.39 is 0 Å². The lowest BCUT2D eigenvalue weighted by atomic mass is 10.1. The van der Waals surface area contributed by atoms with Gasteiger partial charge in [-0.15, -0.1) is 0 Å². The summed E-state index contributed by atoms with van der Waals surface area (Å²) in [7, 11) is 0. The Labute approximate surface area is 86.6 Å². The molecule has 2 nitrogen and oxygen atoms in total. The van der Waals surface area contributed by atoms with Crippen LogP contribution in [0, 0.1) is 0 Å². The Morgan fingerprint density at radius 2 is 2.14 bits per heavy atom. The van der Waals surface area contributed by atoms with Gasteiger partial charge in [0.25, 0.3) is 0 Å². The summed E-state index contributed by atoms with van der Waals surface area (Å²) in [4.78, 5) is 10.6. The summed E-state index contributed by atoms with van der Waals surface area (Å²) >= 11 is 0. The van der Waals surface area contributed by atoms with Gasteiger partial charge in [0.15, 0.2) is 0 Å². The number of rotatable bonds is 7. The second-order valence-electron chi connectivity index (χ2n) is 3.26. The summed E-state index contributed by atoms with van der Waals surface area (Å²) in [5.74, 6) is -0.244. The van der Waals surface area contributed by atoms with Crippen LogP contribution in [0.2, 0.25) is 0 Å². The Kier molecular flexibility index (Phi) is 7.90. The first-order chi connectivity index (χ1) is 6.70. The van der Waals surface area contributed by atoms with Crippen LogP contribution in [0.4, 0.5) is 0 Å². The highest BCUT2D eigenvalue weighted by Crippen LogP contribution is 2.05. The van der Waals surface area contributed by atoms with Gasteiger partial charge in [-0.3, -0.25) is 4.79 Å². The van der Waals surface area contributed by atoms with E-state index in [0.29, 0.717) is 6.61 Å². The van der Waals surface area contributed by atoms with Gasteiger partial charge in [0.1, 0.15) is 6.61 Å². The number of allylic oxidation sites excluding steroid dienone is 1. The number of unbranched alkanes of at least 4 members (excludes halogenated alkanes) is 3. The topological polar surface area (TPSA) is 26.3 Å². The van der Waals surface area contributed by atoms with Crippen LogP contribution >= 0.6 is 0 Å². The maximum Gasteiger partial charge on any atom is 0.302 e. The molecule has 0 rings (SSSR count). The first-order valence-corrected chi connectivity index (χ1v) is 5.15. The lowest BCUT2D eigenvalue weighted by Crippen LogP contribution is -2.01. The molecule has 0 N–H and O–H groups in total. The fourth-order valence-electron chi connectivity index (χ4n) is 1.07. The standard InChI is InChI=1S/C12H20O2/c1-4-6-7-8-9-12(5-2)10-14-11(3)13/h5,9H,2,4,6-8,10H2,1,3H3/b12-9+. The zero-order chi connectivity index (χ0) is 10.8. The largest absolute Gasteiger partial charge is 0.461 e. The molecule has 0 aliphatic heterocycles. The molecule has 80 valence electrons. The Bertz CT molecular complexity index is 204. The highest BCUT2D eigenvalue weighted by atomic mass is 16.5. The van der Waals surface area contributed by atoms with Crippen LogP contribution in [-0.2, 0) is 9.53 Å². The molecule has 0 aromatic rings. The maximum absolute atomic E-state index is 10.6. The molecule has 0 aromatic heterocycles. The van der Waals surface area contributed by atoms with E-state index >= 15 is 0 Å². The number of ether oxygens (including phenoxy) is 1. The van der Waals surface area contributed by atoms with Crippen molar-refractivity contribution < 1.29 is 9.53 Å². The van der Waals surface area contributed by atoms with Crippen LogP contribution in [0.5, 0.6) is 0 Å². The van der Waals surface area contributed by atoms with Gasteiger partial charge in [-0.1, -0.05) is 38.5 Å². The van der Waals surface area contributed by atoms with Gasteiger partial charge in [-0.2, -0.15) is 0 Å². The van der Waals surface area contributed by atoms with Crippen molar-refractivity contribution in [2.75, 3.05) is 6.61 Å². The van der Waals surface area contributed by atoms with Crippen molar-refractivity contribution in [1.82, 2.24) is 0 Å². The van der Waals surface area contributed by atoms with Crippen molar-refractivity contribution in [1.29, 1.82) is 0 Å². The SMILES string of the molecule is C=C/C(=C\CCCCC)COC(C)=O. The maximum atomic E-state index is 10.6. The average Bonchev–Trinajstić information content (AvgIpc) is 2.16.